The lowest BCUT2D eigenvalue weighted by atomic mass is 10.1. The number of rotatable bonds is 6. The van der Waals surface area contributed by atoms with Gasteiger partial charge in [-0.3, -0.25) is 0 Å². The highest BCUT2D eigenvalue weighted by Gasteiger charge is 2.30. The van der Waals surface area contributed by atoms with Crippen LogP contribution in [0, 0.1) is 12.7 Å². The zero-order valence-electron chi connectivity index (χ0n) is 17.2. The third kappa shape index (κ3) is 4.61. The van der Waals surface area contributed by atoms with Crippen molar-refractivity contribution in [2.75, 3.05) is 17.2 Å². The molecule has 0 bridgehead atoms. The molecule has 0 fully saturated rings. The maximum Gasteiger partial charge on any atom is 0.416 e. The molecule has 0 spiro atoms. The first-order valence-electron chi connectivity index (χ1n) is 9.83. The first-order chi connectivity index (χ1) is 15.2. The average molecular weight is 445 g/mol. The summed E-state index contributed by atoms with van der Waals surface area (Å²) < 4.78 is 53.0. The van der Waals surface area contributed by atoms with Gasteiger partial charge in [-0.2, -0.15) is 28.1 Å². The van der Waals surface area contributed by atoms with Crippen LogP contribution in [0.1, 0.15) is 24.7 Å². The van der Waals surface area contributed by atoms with Crippen molar-refractivity contribution < 1.29 is 17.6 Å². The Labute approximate surface area is 180 Å². The standard InChI is InChI=1S/C21H19F4N7/c1-3-8-26-19-27-11(2)28-20(32-19)31-15-10-17-16(9-14(15)22)29-18(30-17)12-4-6-13(7-5-12)21(23,24)25/h4-7,9-10H,3,8H2,1-2H3,(H,29,30)(H2,26,27,28,31,32). The van der Waals surface area contributed by atoms with Gasteiger partial charge >= 0.3 is 6.18 Å². The number of aromatic amines is 1. The predicted octanol–water partition coefficient (Wildman–Crippen LogP) is 5.45. The Morgan fingerprint density at radius 2 is 1.69 bits per heavy atom. The summed E-state index contributed by atoms with van der Waals surface area (Å²) in [5.74, 6) is 0.774. The van der Waals surface area contributed by atoms with Gasteiger partial charge < -0.3 is 15.6 Å². The summed E-state index contributed by atoms with van der Waals surface area (Å²) in [5, 5.41) is 5.90. The molecule has 0 unspecified atom stereocenters. The van der Waals surface area contributed by atoms with E-state index >= 15 is 0 Å². The molecule has 32 heavy (non-hydrogen) atoms. The van der Waals surface area contributed by atoms with Gasteiger partial charge in [0, 0.05) is 18.2 Å². The van der Waals surface area contributed by atoms with Crippen LogP contribution in [-0.2, 0) is 6.18 Å². The van der Waals surface area contributed by atoms with Crippen LogP contribution in [0.25, 0.3) is 22.4 Å². The monoisotopic (exact) mass is 445 g/mol. The summed E-state index contributed by atoms with van der Waals surface area (Å²) in [6.45, 7) is 4.40. The normalized spacial score (nSPS) is 11.7. The fourth-order valence-electron chi connectivity index (χ4n) is 3.05. The number of aromatic nitrogens is 5. The van der Waals surface area contributed by atoms with Crippen molar-refractivity contribution in [3.63, 3.8) is 0 Å². The summed E-state index contributed by atoms with van der Waals surface area (Å²) in [6, 6.07) is 7.31. The van der Waals surface area contributed by atoms with Crippen LogP contribution >= 0.6 is 0 Å². The van der Waals surface area contributed by atoms with Crippen LogP contribution in [0.15, 0.2) is 36.4 Å². The second-order valence-corrected chi connectivity index (χ2v) is 7.09. The van der Waals surface area contributed by atoms with Gasteiger partial charge in [0.15, 0.2) is 0 Å². The van der Waals surface area contributed by atoms with Crippen molar-refractivity contribution >= 4 is 28.6 Å². The van der Waals surface area contributed by atoms with Crippen molar-refractivity contribution in [3.05, 3.63) is 53.6 Å². The molecule has 4 aromatic rings. The number of anilines is 3. The van der Waals surface area contributed by atoms with Crippen molar-refractivity contribution in [1.29, 1.82) is 0 Å². The highest BCUT2D eigenvalue weighted by Crippen LogP contribution is 2.31. The van der Waals surface area contributed by atoms with Gasteiger partial charge in [-0.25, -0.2) is 9.37 Å². The molecule has 0 saturated heterocycles. The molecule has 0 aliphatic heterocycles. The van der Waals surface area contributed by atoms with Crippen molar-refractivity contribution in [2.45, 2.75) is 26.4 Å². The quantitative estimate of drug-likeness (QED) is 0.342. The molecule has 0 amide bonds. The van der Waals surface area contributed by atoms with Crippen LogP contribution in [0.2, 0.25) is 0 Å². The zero-order valence-corrected chi connectivity index (χ0v) is 17.2. The number of hydrogen-bond donors (Lipinski definition) is 3. The number of nitrogens with zero attached hydrogens (tertiary/aromatic N) is 4. The second-order valence-electron chi connectivity index (χ2n) is 7.09. The van der Waals surface area contributed by atoms with Crippen molar-refractivity contribution in [1.82, 2.24) is 24.9 Å². The number of halogens is 4. The molecule has 0 radical (unpaired) electrons. The lowest BCUT2D eigenvalue weighted by Gasteiger charge is -2.09. The molecular formula is C21H19F4N7. The Balaban J connectivity index is 1.63. The van der Waals surface area contributed by atoms with Crippen LogP contribution < -0.4 is 10.6 Å². The topological polar surface area (TPSA) is 91.4 Å². The van der Waals surface area contributed by atoms with Crippen LogP contribution in [0.4, 0.5) is 35.1 Å². The summed E-state index contributed by atoms with van der Waals surface area (Å²) in [5.41, 5.74) is 0.644. The van der Waals surface area contributed by atoms with Crippen LogP contribution in [-0.4, -0.2) is 31.5 Å². The SMILES string of the molecule is CCCNc1nc(C)nc(Nc2cc3[nH]c(-c4ccc(C(F)(F)F)cc4)nc3cc2F)n1. The molecular weight excluding hydrogens is 426 g/mol. The maximum atomic E-state index is 14.7. The Hall–Kier alpha value is -3.76. The summed E-state index contributed by atoms with van der Waals surface area (Å²) >= 11 is 0. The number of benzene rings is 2. The number of hydrogen-bond acceptors (Lipinski definition) is 6. The molecule has 0 aliphatic carbocycles. The second kappa shape index (κ2) is 8.40. The summed E-state index contributed by atoms with van der Waals surface area (Å²) in [7, 11) is 0. The van der Waals surface area contributed by atoms with Gasteiger partial charge in [-0.05, 0) is 31.5 Å². The van der Waals surface area contributed by atoms with E-state index in [-0.39, 0.29) is 11.6 Å². The number of aryl methyl sites for hydroxylation is 1. The molecule has 0 aliphatic rings. The van der Waals surface area contributed by atoms with E-state index in [0.717, 1.165) is 18.6 Å². The van der Waals surface area contributed by atoms with E-state index in [1.54, 1.807) is 6.92 Å². The number of fused-ring (bicyclic) bond motifs is 1. The highest BCUT2D eigenvalue weighted by atomic mass is 19.4. The van der Waals surface area contributed by atoms with Gasteiger partial charge in [0.2, 0.25) is 11.9 Å². The molecule has 11 heteroatoms. The Bertz CT molecular complexity index is 1250. The lowest BCUT2D eigenvalue weighted by molar-refractivity contribution is -0.137. The summed E-state index contributed by atoms with van der Waals surface area (Å²) in [6.07, 6.45) is -3.53. The third-order valence-electron chi connectivity index (χ3n) is 4.58. The minimum atomic E-state index is -4.42. The zero-order chi connectivity index (χ0) is 22.9. The van der Waals surface area contributed by atoms with Crippen LogP contribution in [0.5, 0.6) is 0 Å². The molecule has 166 valence electrons. The Morgan fingerprint density at radius 1 is 0.969 bits per heavy atom. The number of nitrogens with one attached hydrogen (secondary N) is 3. The summed E-state index contributed by atoms with van der Waals surface area (Å²) in [4.78, 5) is 19.9. The molecule has 4 rings (SSSR count). The Morgan fingerprint density at radius 3 is 2.38 bits per heavy atom. The fourth-order valence-corrected chi connectivity index (χ4v) is 3.05. The molecule has 2 heterocycles. The molecule has 0 saturated carbocycles. The predicted molar refractivity (Wildman–Crippen MR) is 113 cm³/mol. The van der Waals surface area contributed by atoms with E-state index < -0.39 is 17.6 Å². The van der Waals surface area contributed by atoms with Crippen molar-refractivity contribution in [2.24, 2.45) is 0 Å². The number of alkyl halides is 3. The van der Waals surface area contributed by atoms with E-state index in [2.05, 4.69) is 35.6 Å². The number of imidazole rings is 1. The van der Waals surface area contributed by atoms with Gasteiger partial charge in [-0.1, -0.05) is 19.1 Å². The van der Waals surface area contributed by atoms with Gasteiger partial charge in [0.1, 0.15) is 17.5 Å². The van der Waals surface area contributed by atoms with Gasteiger partial charge in [-0.15, -0.1) is 0 Å². The van der Waals surface area contributed by atoms with E-state index in [1.165, 1.54) is 24.3 Å². The van der Waals surface area contributed by atoms with Gasteiger partial charge in [0.05, 0.1) is 22.3 Å². The largest absolute Gasteiger partial charge is 0.416 e. The minimum Gasteiger partial charge on any atom is -0.354 e. The third-order valence-corrected chi connectivity index (χ3v) is 4.58. The smallest absolute Gasteiger partial charge is 0.354 e. The fraction of sp³-hybridized carbons (Fsp3) is 0.238. The number of H-pyrrole nitrogens is 1. The maximum absolute atomic E-state index is 14.7. The molecule has 7 nitrogen and oxygen atoms in total. The van der Waals surface area contributed by atoms with Gasteiger partial charge in [0.25, 0.3) is 0 Å². The highest BCUT2D eigenvalue weighted by molar-refractivity contribution is 5.83. The van der Waals surface area contributed by atoms with E-state index in [9.17, 15) is 17.6 Å². The lowest BCUT2D eigenvalue weighted by Crippen LogP contribution is -2.09. The minimum absolute atomic E-state index is 0.118. The molecule has 2 aromatic heterocycles. The molecule has 2 aromatic carbocycles. The van der Waals surface area contributed by atoms with E-state index in [0.29, 0.717) is 40.7 Å². The molecule has 3 N–H and O–H groups in total. The van der Waals surface area contributed by atoms with Crippen LogP contribution in [0.3, 0.4) is 0 Å². The van der Waals surface area contributed by atoms with E-state index in [4.69, 9.17) is 0 Å². The Kier molecular flexibility index (Phi) is 5.64. The molecule has 0 atom stereocenters. The first kappa shape index (κ1) is 21.5. The van der Waals surface area contributed by atoms with Crippen molar-refractivity contribution in [3.8, 4) is 11.4 Å². The van der Waals surface area contributed by atoms with E-state index in [1.807, 2.05) is 6.92 Å². The average Bonchev–Trinajstić information content (AvgIpc) is 3.14. The first-order valence-corrected chi connectivity index (χ1v) is 9.83.